The average molecular weight is 290 g/mol. The second-order valence-electron chi connectivity index (χ2n) is 5.94. The number of likely N-dealkylation sites (tertiary alicyclic amines) is 1. The molecule has 21 heavy (non-hydrogen) atoms. The molecule has 0 radical (unpaired) electrons. The first kappa shape index (κ1) is 16.0. The highest BCUT2D eigenvalue weighted by atomic mass is 16.3. The summed E-state index contributed by atoms with van der Waals surface area (Å²) < 4.78 is 0. The van der Waals surface area contributed by atoms with Crippen molar-refractivity contribution in [1.29, 1.82) is 0 Å². The van der Waals surface area contributed by atoms with Crippen LogP contribution in [0.5, 0.6) is 0 Å². The maximum absolute atomic E-state index is 12.0. The van der Waals surface area contributed by atoms with Crippen LogP contribution in [0, 0.1) is 5.92 Å². The second-order valence-corrected chi connectivity index (χ2v) is 5.94. The lowest BCUT2D eigenvalue weighted by molar-refractivity contribution is -0.122. The third kappa shape index (κ3) is 5.14. The van der Waals surface area contributed by atoms with Crippen molar-refractivity contribution >= 4 is 5.91 Å². The molecule has 0 bridgehead atoms. The number of carbonyl (C=O) groups excluding carboxylic acids is 1. The normalized spacial score (nSPS) is 21.0. The summed E-state index contributed by atoms with van der Waals surface area (Å²) in [7, 11) is 0. The van der Waals surface area contributed by atoms with Gasteiger partial charge in [-0.1, -0.05) is 30.3 Å². The number of piperidine rings is 1. The Balaban J connectivity index is 1.72. The molecule has 0 saturated carbocycles. The zero-order chi connectivity index (χ0) is 15.1. The smallest absolute Gasteiger partial charge is 0.221 e. The summed E-state index contributed by atoms with van der Waals surface area (Å²) in [6, 6.07) is 10.1. The predicted octanol–water partition coefficient (Wildman–Crippen LogP) is 1.96. The Morgan fingerprint density at radius 3 is 2.90 bits per heavy atom. The molecule has 0 aromatic heterocycles. The topological polar surface area (TPSA) is 52.6 Å². The van der Waals surface area contributed by atoms with Gasteiger partial charge in [-0.05, 0) is 37.8 Å². The molecule has 4 heteroatoms. The number of aliphatic hydroxyl groups is 1. The van der Waals surface area contributed by atoms with E-state index < -0.39 is 0 Å². The summed E-state index contributed by atoms with van der Waals surface area (Å²) in [5.74, 6) is 0.475. The van der Waals surface area contributed by atoms with E-state index in [4.69, 9.17) is 0 Å². The van der Waals surface area contributed by atoms with Gasteiger partial charge in [-0.25, -0.2) is 0 Å². The first-order chi connectivity index (χ1) is 10.2. The number of carbonyl (C=O) groups is 1. The lowest BCUT2D eigenvalue weighted by Gasteiger charge is -2.31. The maximum atomic E-state index is 12.0. The zero-order valence-electron chi connectivity index (χ0n) is 12.8. The van der Waals surface area contributed by atoms with E-state index in [0.29, 0.717) is 12.3 Å². The molecule has 1 aromatic rings. The Morgan fingerprint density at radius 1 is 1.43 bits per heavy atom. The largest absolute Gasteiger partial charge is 0.396 e. The van der Waals surface area contributed by atoms with E-state index in [2.05, 4.69) is 10.2 Å². The summed E-state index contributed by atoms with van der Waals surface area (Å²) in [6.07, 6.45) is 2.74. The number of aliphatic hydroxyl groups excluding tert-OH is 1. The molecule has 116 valence electrons. The summed E-state index contributed by atoms with van der Waals surface area (Å²) >= 11 is 0. The Bertz CT molecular complexity index is 436. The molecule has 1 aliphatic rings. The van der Waals surface area contributed by atoms with Crippen LogP contribution in [0.25, 0.3) is 0 Å². The van der Waals surface area contributed by atoms with Gasteiger partial charge in [-0.15, -0.1) is 0 Å². The summed E-state index contributed by atoms with van der Waals surface area (Å²) in [4.78, 5) is 14.3. The molecule has 1 saturated heterocycles. The standard InChI is InChI=1S/C17H26N2O2/c1-14(16-7-3-2-4-8-16)18-17(21)9-11-19-10-5-6-15(12-19)13-20/h2-4,7-8,14-15,20H,5-6,9-13H2,1H3,(H,18,21). The molecule has 2 rings (SSSR count). The first-order valence-corrected chi connectivity index (χ1v) is 7.86. The molecule has 2 N–H and O–H groups in total. The van der Waals surface area contributed by atoms with Crippen LogP contribution in [0.3, 0.4) is 0 Å². The van der Waals surface area contributed by atoms with Crippen molar-refractivity contribution in [3.05, 3.63) is 35.9 Å². The van der Waals surface area contributed by atoms with Gasteiger partial charge in [0.15, 0.2) is 0 Å². The number of nitrogens with one attached hydrogen (secondary N) is 1. The fourth-order valence-electron chi connectivity index (χ4n) is 2.90. The fraction of sp³-hybridized carbons (Fsp3) is 0.588. The van der Waals surface area contributed by atoms with Crippen molar-refractivity contribution in [2.75, 3.05) is 26.2 Å². The van der Waals surface area contributed by atoms with Crippen LogP contribution in [0.1, 0.15) is 37.8 Å². The minimum Gasteiger partial charge on any atom is -0.396 e. The Kier molecular flexibility index (Phi) is 6.21. The molecule has 0 aliphatic carbocycles. The minimum absolute atomic E-state index is 0.0465. The van der Waals surface area contributed by atoms with E-state index in [0.717, 1.165) is 38.0 Å². The second kappa shape index (κ2) is 8.15. The van der Waals surface area contributed by atoms with Gasteiger partial charge in [-0.2, -0.15) is 0 Å². The third-order valence-electron chi connectivity index (χ3n) is 4.19. The minimum atomic E-state index is 0.0465. The molecular formula is C17H26N2O2. The van der Waals surface area contributed by atoms with E-state index in [1.165, 1.54) is 0 Å². The zero-order valence-corrected chi connectivity index (χ0v) is 12.8. The molecule has 1 fully saturated rings. The summed E-state index contributed by atoms with van der Waals surface area (Å²) in [6.45, 7) is 5.00. The molecular weight excluding hydrogens is 264 g/mol. The van der Waals surface area contributed by atoms with Crippen molar-refractivity contribution in [3.8, 4) is 0 Å². The van der Waals surface area contributed by atoms with Crippen LogP contribution >= 0.6 is 0 Å². The first-order valence-electron chi connectivity index (χ1n) is 7.86. The van der Waals surface area contributed by atoms with Gasteiger partial charge in [0.25, 0.3) is 0 Å². The van der Waals surface area contributed by atoms with E-state index >= 15 is 0 Å². The summed E-state index contributed by atoms with van der Waals surface area (Å²) in [5, 5.41) is 12.3. The van der Waals surface area contributed by atoms with Gasteiger partial charge in [0.2, 0.25) is 5.91 Å². The highest BCUT2D eigenvalue weighted by Crippen LogP contribution is 2.16. The molecule has 1 heterocycles. The van der Waals surface area contributed by atoms with Crippen molar-refractivity contribution in [2.24, 2.45) is 5.92 Å². The van der Waals surface area contributed by atoms with Gasteiger partial charge in [-0.3, -0.25) is 4.79 Å². The van der Waals surface area contributed by atoms with Crippen LogP contribution in [0.15, 0.2) is 30.3 Å². The van der Waals surface area contributed by atoms with Crippen LogP contribution in [0.2, 0.25) is 0 Å². The third-order valence-corrected chi connectivity index (χ3v) is 4.19. The average Bonchev–Trinajstić information content (AvgIpc) is 2.54. The van der Waals surface area contributed by atoms with E-state index in [9.17, 15) is 9.90 Å². The SMILES string of the molecule is CC(NC(=O)CCN1CCCC(CO)C1)c1ccccc1. The van der Waals surface area contributed by atoms with E-state index in [1.54, 1.807) is 0 Å². The highest BCUT2D eigenvalue weighted by Gasteiger charge is 2.19. The van der Waals surface area contributed by atoms with Gasteiger partial charge in [0.05, 0.1) is 6.04 Å². The maximum Gasteiger partial charge on any atom is 0.221 e. The van der Waals surface area contributed by atoms with Crippen LogP contribution in [0.4, 0.5) is 0 Å². The van der Waals surface area contributed by atoms with E-state index in [1.807, 2.05) is 37.3 Å². The Hall–Kier alpha value is -1.39. The van der Waals surface area contributed by atoms with Gasteiger partial charge in [0.1, 0.15) is 0 Å². The quantitative estimate of drug-likeness (QED) is 0.842. The number of rotatable bonds is 6. The monoisotopic (exact) mass is 290 g/mol. The van der Waals surface area contributed by atoms with Crippen molar-refractivity contribution in [1.82, 2.24) is 10.2 Å². The Labute approximate surface area is 127 Å². The van der Waals surface area contributed by atoms with Crippen LogP contribution in [-0.4, -0.2) is 42.2 Å². The van der Waals surface area contributed by atoms with Crippen molar-refractivity contribution < 1.29 is 9.90 Å². The number of hydrogen-bond acceptors (Lipinski definition) is 3. The number of amides is 1. The molecule has 2 atom stereocenters. The Morgan fingerprint density at radius 2 is 2.19 bits per heavy atom. The van der Waals surface area contributed by atoms with E-state index in [-0.39, 0.29) is 18.6 Å². The molecule has 0 spiro atoms. The number of nitrogens with zero attached hydrogens (tertiary/aromatic N) is 1. The van der Waals surface area contributed by atoms with Crippen LogP contribution < -0.4 is 5.32 Å². The molecule has 4 nitrogen and oxygen atoms in total. The molecule has 2 unspecified atom stereocenters. The van der Waals surface area contributed by atoms with Crippen molar-refractivity contribution in [2.45, 2.75) is 32.2 Å². The predicted molar refractivity (Wildman–Crippen MR) is 83.9 cm³/mol. The summed E-state index contributed by atoms with van der Waals surface area (Å²) in [5.41, 5.74) is 1.13. The van der Waals surface area contributed by atoms with Crippen LogP contribution in [-0.2, 0) is 4.79 Å². The highest BCUT2D eigenvalue weighted by molar-refractivity contribution is 5.76. The van der Waals surface area contributed by atoms with Gasteiger partial charge in [0, 0.05) is 26.1 Å². The number of hydrogen-bond donors (Lipinski definition) is 2. The lowest BCUT2D eigenvalue weighted by atomic mass is 9.99. The number of benzene rings is 1. The van der Waals surface area contributed by atoms with Gasteiger partial charge >= 0.3 is 0 Å². The van der Waals surface area contributed by atoms with Gasteiger partial charge < -0.3 is 15.3 Å². The fourth-order valence-corrected chi connectivity index (χ4v) is 2.90. The van der Waals surface area contributed by atoms with Crippen molar-refractivity contribution in [3.63, 3.8) is 0 Å². The molecule has 1 aliphatic heterocycles. The molecule has 1 aromatic carbocycles. The lowest BCUT2D eigenvalue weighted by Crippen LogP contribution is -2.39. The molecule has 1 amide bonds.